The van der Waals surface area contributed by atoms with E-state index in [1.54, 1.807) is 0 Å². The van der Waals surface area contributed by atoms with Gasteiger partial charge in [-0.05, 0) is 55.2 Å². The van der Waals surface area contributed by atoms with Crippen molar-refractivity contribution in [1.82, 2.24) is 31.9 Å². The van der Waals surface area contributed by atoms with Gasteiger partial charge in [-0.15, -0.1) is 11.8 Å². The Labute approximate surface area is 501 Å². The van der Waals surface area contributed by atoms with Crippen LogP contribution in [0.2, 0.25) is 0 Å². The van der Waals surface area contributed by atoms with Crippen molar-refractivity contribution in [2.45, 2.75) is 106 Å². The van der Waals surface area contributed by atoms with E-state index < -0.39 is 4.75 Å². The van der Waals surface area contributed by atoms with Gasteiger partial charge in [0.25, 0.3) is 0 Å². The fraction of sp³-hybridized carbons (Fsp3) is 0.629. The highest BCUT2D eigenvalue weighted by molar-refractivity contribution is 8.00. The highest BCUT2D eigenvalue weighted by atomic mass is 32.2. The van der Waals surface area contributed by atoms with Gasteiger partial charge < -0.3 is 69.8 Å². The molecule has 2 saturated heterocycles. The minimum atomic E-state index is -0.418. The van der Waals surface area contributed by atoms with Gasteiger partial charge in [-0.3, -0.25) is 19.2 Å². The molecule has 0 radical (unpaired) electrons. The van der Waals surface area contributed by atoms with Crippen molar-refractivity contribution in [2.75, 3.05) is 143 Å². The normalized spacial score (nSPS) is 15.6. The molecule has 2 aliphatic rings. The number of benzene rings is 3. The van der Waals surface area contributed by atoms with Crippen LogP contribution < -0.4 is 31.9 Å². The summed E-state index contributed by atoms with van der Waals surface area (Å²) < 4.78 is 44.1. The van der Waals surface area contributed by atoms with Gasteiger partial charge >= 0.3 is 6.03 Å². The summed E-state index contributed by atoms with van der Waals surface area (Å²) in [7, 11) is 0. The first-order valence-corrected chi connectivity index (χ1v) is 32.1. The van der Waals surface area contributed by atoms with Crippen LogP contribution in [0, 0.1) is 0 Å². The SMILES string of the molecule is O=C(CCCCCNC(=O)CCCCC1SCC2NC(=O)NC21)NCCCCCC(=O)NCCOCCOCCOCCOCCOCCOCCOCCOCCC(=O)NCCSC(c1ccccc1)(c1ccccc1)c1ccccc1. The van der Waals surface area contributed by atoms with Crippen molar-refractivity contribution in [3.63, 3.8) is 0 Å². The molecule has 2 fully saturated rings. The Bertz CT molecular complexity index is 2100. The third-order valence-electron chi connectivity index (χ3n) is 13.8. The quantitative estimate of drug-likeness (QED) is 0.0200. The maximum atomic E-state index is 12.6. The second-order valence-electron chi connectivity index (χ2n) is 20.2. The van der Waals surface area contributed by atoms with E-state index in [2.05, 4.69) is 105 Å². The largest absolute Gasteiger partial charge is 0.379 e. The van der Waals surface area contributed by atoms with Gasteiger partial charge in [0.2, 0.25) is 23.6 Å². The number of nitrogens with one attached hydrogen (secondary N) is 6. The second kappa shape index (κ2) is 44.6. The lowest BCUT2D eigenvalue weighted by molar-refractivity contribution is -0.122. The van der Waals surface area contributed by atoms with E-state index in [1.165, 1.54) is 16.7 Å². The van der Waals surface area contributed by atoms with Crippen LogP contribution >= 0.6 is 23.5 Å². The van der Waals surface area contributed by atoms with Crippen molar-refractivity contribution in [3.8, 4) is 0 Å². The standard InChI is InChI=1S/C62H94N6O13S2/c69-56(25-12-4-16-30-64-57(70)27-15-14-24-55-60-54(50-82-55)67-61(73)68-60)63-29-17-5-13-26-58(71)65-31-34-75-36-38-77-40-42-79-44-46-81-48-47-80-45-43-78-41-39-76-37-35-74-33-28-59(72)66-32-49-83-62(51-18-6-1-7-19-51,52-20-8-2-9-21-52)53-22-10-3-11-23-53/h1-3,6-11,18-23,54-55,60H,4-5,12-17,24-50H2,(H,63,69)(H,64,70)(H,65,71)(H,66,72)(H2,67,68,73). The number of ether oxygens (including phenoxy) is 8. The molecule has 0 bridgehead atoms. The maximum Gasteiger partial charge on any atom is 0.315 e. The molecule has 0 saturated carbocycles. The molecule has 5 rings (SSSR count). The molecule has 462 valence electrons. The Balaban J connectivity index is 0.676. The van der Waals surface area contributed by atoms with Crippen molar-refractivity contribution in [3.05, 3.63) is 108 Å². The van der Waals surface area contributed by atoms with Crippen LogP contribution in [0.25, 0.3) is 0 Å². The number of carbonyl (C=O) groups is 5. The van der Waals surface area contributed by atoms with E-state index in [4.69, 9.17) is 37.9 Å². The lowest BCUT2D eigenvalue weighted by Gasteiger charge is -2.35. The molecule has 3 aromatic rings. The number of fused-ring (bicyclic) bond motifs is 1. The number of amides is 6. The van der Waals surface area contributed by atoms with Crippen LogP contribution in [-0.4, -0.2) is 190 Å². The third kappa shape index (κ3) is 29.7. The summed E-state index contributed by atoms with van der Waals surface area (Å²) in [5, 5.41) is 18.3. The van der Waals surface area contributed by atoms with Gasteiger partial charge in [0, 0.05) is 68.6 Å². The van der Waals surface area contributed by atoms with E-state index in [1.807, 2.05) is 41.7 Å². The molecule has 2 heterocycles. The lowest BCUT2D eigenvalue weighted by Crippen LogP contribution is -2.36. The minimum Gasteiger partial charge on any atom is -0.379 e. The predicted octanol–water partition coefficient (Wildman–Crippen LogP) is 6.55. The first kappa shape index (κ1) is 69.0. The van der Waals surface area contributed by atoms with Gasteiger partial charge in [0.05, 0.1) is 123 Å². The molecule has 0 aliphatic carbocycles. The number of carbonyl (C=O) groups excluding carboxylic acids is 5. The summed E-state index contributed by atoms with van der Waals surface area (Å²) in [6.45, 7) is 9.18. The molecule has 0 spiro atoms. The fourth-order valence-electron chi connectivity index (χ4n) is 9.49. The number of thioether (sulfide) groups is 2. The Morgan fingerprint density at radius 3 is 1.25 bits per heavy atom. The molecular formula is C62H94N6O13S2. The number of hydrogen-bond donors (Lipinski definition) is 6. The summed E-state index contributed by atoms with van der Waals surface area (Å²) >= 11 is 3.72. The van der Waals surface area contributed by atoms with E-state index >= 15 is 0 Å². The van der Waals surface area contributed by atoms with Crippen molar-refractivity contribution in [1.29, 1.82) is 0 Å². The van der Waals surface area contributed by atoms with Crippen LogP contribution in [-0.2, 0) is 61.8 Å². The third-order valence-corrected chi connectivity index (χ3v) is 16.9. The van der Waals surface area contributed by atoms with Crippen molar-refractivity contribution < 1.29 is 61.9 Å². The molecule has 6 N–H and O–H groups in total. The molecule has 21 heteroatoms. The Kier molecular flexibility index (Phi) is 37.1. The molecule has 6 amide bonds. The van der Waals surface area contributed by atoms with Gasteiger partial charge in [-0.2, -0.15) is 11.8 Å². The van der Waals surface area contributed by atoms with Crippen LogP contribution in [0.1, 0.15) is 100 Å². The minimum absolute atomic E-state index is 0.00857. The molecule has 83 heavy (non-hydrogen) atoms. The van der Waals surface area contributed by atoms with Gasteiger partial charge in [0.15, 0.2) is 0 Å². The average Bonchev–Trinajstić information content (AvgIpc) is 3.62. The molecule has 3 atom stereocenters. The van der Waals surface area contributed by atoms with Gasteiger partial charge in [-0.25, -0.2) is 4.79 Å². The van der Waals surface area contributed by atoms with Crippen LogP contribution in [0.3, 0.4) is 0 Å². The zero-order chi connectivity index (χ0) is 58.5. The average molecular weight is 1200 g/mol. The smallest absolute Gasteiger partial charge is 0.315 e. The summed E-state index contributed by atoms with van der Waals surface area (Å²) in [6, 6.07) is 32.0. The van der Waals surface area contributed by atoms with Crippen molar-refractivity contribution >= 4 is 53.2 Å². The molecule has 3 aromatic carbocycles. The first-order valence-electron chi connectivity index (χ1n) is 30.0. The van der Waals surface area contributed by atoms with Crippen LogP contribution in [0.15, 0.2) is 91.0 Å². The van der Waals surface area contributed by atoms with E-state index in [9.17, 15) is 24.0 Å². The van der Waals surface area contributed by atoms with E-state index in [-0.39, 0.29) is 48.2 Å². The second-order valence-corrected chi connectivity index (χ2v) is 22.7. The zero-order valence-corrected chi connectivity index (χ0v) is 50.4. The molecule has 19 nitrogen and oxygen atoms in total. The summed E-state index contributed by atoms with van der Waals surface area (Å²) in [5.74, 6) is 1.74. The Morgan fingerprint density at radius 1 is 0.434 bits per heavy atom. The molecule has 2 aliphatic heterocycles. The topological polar surface area (TPSA) is 231 Å². The summed E-state index contributed by atoms with van der Waals surface area (Å²) in [5.41, 5.74) is 3.58. The summed E-state index contributed by atoms with van der Waals surface area (Å²) in [6.07, 6.45) is 9.50. The first-order chi connectivity index (χ1) is 40.8. The number of hydrogen-bond acceptors (Lipinski definition) is 15. The van der Waals surface area contributed by atoms with Gasteiger partial charge in [-0.1, -0.05) is 110 Å². The fourth-order valence-corrected chi connectivity index (χ4v) is 12.5. The molecular weight excluding hydrogens is 1100 g/mol. The van der Waals surface area contributed by atoms with Crippen molar-refractivity contribution in [2.24, 2.45) is 0 Å². The van der Waals surface area contributed by atoms with Crippen LogP contribution in [0.5, 0.6) is 0 Å². The zero-order valence-electron chi connectivity index (χ0n) is 48.8. The van der Waals surface area contributed by atoms with Crippen LogP contribution in [0.4, 0.5) is 4.79 Å². The van der Waals surface area contributed by atoms with E-state index in [0.717, 1.165) is 69.3 Å². The predicted molar refractivity (Wildman–Crippen MR) is 326 cm³/mol. The molecule has 3 unspecified atom stereocenters. The molecule has 0 aromatic heterocycles. The monoisotopic (exact) mass is 1190 g/mol. The lowest BCUT2D eigenvalue weighted by atomic mass is 9.84. The highest BCUT2D eigenvalue weighted by Gasteiger charge is 2.42. The number of urea groups is 1. The van der Waals surface area contributed by atoms with E-state index in [0.29, 0.717) is 156 Å². The number of unbranched alkanes of at least 4 members (excludes halogenated alkanes) is 5. The maximum absolute atomic E-state index is 12.6. The summed E-state index contributed by atoms with van der Waals surface area (Å²) in [4.78, 5) is 60.7. The number of rotatable bonds is 51. The van der Waals surface area contributed by atoms with Gasteiger partial charge in [0.1, 0.15) is 0 Å². The Morgan fingerprint density at radius 2 is 0.807 bits per heavy atom. The highest BCUT2D eigenvalue weighted by Crippen LogP contribution is 2.48. The Hall–Kier alpha value is -4.81.